The molecule has 5 nitrogen and oxygen atoms in total. The van der Waals surface area contributed by atoms with Crippen molar-refractivity contribution in [3.05, 3.63) is 101 Å². The second-order valence-corrected chi connectivity index (χ2v) is 8.26. The van der Waals surface area contributed by atoms with Crippen molar-refractivity contribution < 1.29 is 14.0 Å². The first-order chi connectivity index (χ1) is 15.6. The maximum Gasteiger partial charge on any atom is 0.293 e. The normalized spacial score (nSPS) is 15.0. The highest BCUT2D eigenvalue weighted by molar-refractivity contribution is 8.18. The summed E-state index contributed by atoms with van der Waals surface area (Å²) >= 11 is 0.900. The second-order valence-electron chi connectivity index (χ2n) is 7.27. The number of benzene rings is 3. The number of imide groups is 1. The summed E-state index contributed by atoms with van der Waals surface area (Å²) in [7, 11) is 0. The molecule has 2 heterocycles. The molecule has 0 aliphatic carbocycles. The molecule has 5 rings (SSSR count). The van der Waals surface area contributed by atoms with Gasteiger partial charge in [-0.3, -0.25) is 14.5 Å². The molecule has 154 valence electrons. The summed E-state index contributed by atoms with van der Waals surface area (Å²) < 4.78 is 5.85. The van der Waals surface area contributed by atoms with E-state index in [0.717, 1.165) is 28.1 Å². The Balaban J connectivity index is 1.41. The van der Waals surface area contributed by atoms with E-state index in [1.54, 1.807) is 36.4 Å². The molecule has 0 bridgehead atoms. The van der Waals surface area contributed by atoms with Gasteiger partial charge in [-0.1, -0.05) is 54.6 Å². The van der Waals surface area contributed by atoms with Crippen LogP contribution in [0, 0.1) is 11.3 Å². The number of thioether (sulfide) groups is 1. The molecule has 0 unspecified atom stereocenters. The van der Waals surface area contributed by atoms with Gasteiger partial charge in [0.25, 0.3) is 11.1 Å². The van der Waals surface area contributed by atoms with E-state index in [9.17, 15) is 14.9 Å². The lowest BCUT2D eigenvalue weighted by Crippen LogP contribution is -2.27. The van der Waals surface area contributed by atoms with Gasteiger partial charge in [-0.2, -0.15) is 5.26 Å². The van der Waals surface area contributed by atoms with Crippen molar-refractivity contribution in [3.8, 4) is 17.4 Å². The zero-order chi connectivity index (χ0) is 22.1. The van der Waals surface area contributed by atoms with Crippen molar-refractivity contribution in [1.29, 1.82) is 5.26 Å². The van der Waals surface area contributed by atoms with Crippen molar-refractivity contribution >= 4 is 39.8 Å². The number of nitriles is 1. The van der Waals surface area contributed by atoms with Gasteiger partial charge in [-0.05, 0) is 52.4 Å². The van der Waals surface area contributed by atoms with Crippen LogP contribution in [0.2, 0.25) is 0 Å². The number of carbonyl (C=O) groups excluding carboxylic acids is 2. The fraction of sp³-hybridized carbons (Fsp3) is 0.0385. The summed E-state index contributed by atoms with van der Waals surface area (Å²) in [6.07, 6.45) is 1.58. The minimum atomic E-state index is -0.344. The molecule has 0 atom stereocenters. The van der Waals surface area contributed by atoms with Gasteiger partial charge in [-0.25, -0.2) is 0 Å². The molecular weight excluding hydrogens is 420 g/mol. The Morgan fingerprint density at radius 1 is 0.938 bits per heavy atom. The predicted octanol–water partition coefficient (Wildman–Crippen LogP) is 6.21. The summed E-state index contributed by atoms with van der Waals surface area (Å²) in [5, 5.41) is 11.1. The Hall–Kier alpha value is -4.08. The number of carbonyl (C=O) groups is 2. The Morgan fingerprint density at radius 3 is 2.59 bits per heavy atom. The standard InChI is InChI=1S/C26H16N2O3S/c27-15-18-7-2-4-11-22(18)23-13-12-20(31-23)14-24-25(29)28(26(30)32-24)16-19-9-5-8-17-6-1-3-10-21(17)19/h1-14H,16H2/b24-14+. The van der Waals surface area contributed by atoms with Gasteiger partial charge in [0.05, 0.1) is 23.1 Å². The van der Waals surface area contributed by atoms with E-state index in [4.69, 9.17) is 4.42 Å². The van der Waals surface area contributed by atoms with Gasteiger partial charge < -0.3 is 4.42 Å². The van der Waals surface area contributed by atoms with Crippen LogP contribution in [0.15, 0.2) is 88.2 Å². The topological polar surface area (TPSA) is 74.3 Å². The molecule has 1 saturated heterocycles. The average molecular weight is 436 g/mol. The molecule has 0 N–H and O–H groups in total. The Labute approximate surface area is 188 Å². The maximum atomic E-state index is 13.0. The monoisotopic (exact) mass is 436 g/mol. The van der Waals surface area contributed by atoms with E-state index in [1.807, 2.05) is 48.5 Å². The predicted molar refractivity (Wildman–Crippen MR) is 124 cm³/mol. The highest BCUT2D eigenvalue weighted by Gasteiger charge is 2.35. The zero-order valence-electron chi connectivity index (χ0n) is 16.8. The van der Waals surface area contributed by atoms with Gasteiger partial charge in [0, 0.05) is 11.6 Å². The lowest BCUT2D eigenvalue weighted by molar-refractivity contribution is -0.123. The van der Waals surface area contributed by atoms with Crippen molar-refractivity contribution in [2.45, 2.75) is 6.54 Å². The molecule has 0 saturated carbocycles. The molecule has 6 heteroatoms. The summed E-state index contributed by atoms with van der Waals surface area (Å²) in [6, 6.07) is 26.5. The molecule has 1 aromatic heterocycles. The number of hydrogen-bond donors (Lipinski definition) is 0. The van der Waals surface area contributed by atoms with E-state index in [0.29, 0.717) is 27.6 Å². The summed E-state index contributed by atoms with van der Waals surface area (Å²) in [5.41, 5.74) is 2.10. The molecule has 3 aromatic carbocycles. The molecule has 0 spiro atoms. The fourth-order valence-electron chi connectivity index (χ4n) is 3.74. The molecule has 2 amide bonds. The fourth-order valence-corrected chi connectivity index (χ4v) is 4.56. The Bertz CT molecular complexity index is 1440. The zero-order valence-corrected chi connectivity index (χ0v) is 17.6. The number of nitrogens with zero attached hydrogens (tertiary/aromatic N) is 2. The minimum Gasteiger partial charge on any atom is -0.457 e. The number of hydrogen-bond acceptors (Lipinski definition) is 5. The van der Waals surface area contributed by atoms with Crippen molar-refractivity contribution in [1.82, 2.24) is 4.90 Å². The molecule has 1 aliphatic heterocycles. The first-order valence-electron chi connectivity index (χ1n) is 9.95. The lowest BCUT2D eigenvalue weighted by atomic mass is 10.0. The Kier molecular flexibility index (Phi) is 5.10. The van der Waals surface area contributed by atoms with E-state index < -0.39 is 0 Å². The van der Waals surface area contributed by atoms with Crippen LogP contribution in [-0.4, -0.2) is 16.0 Å². The van der Waals surface area contributed by atoms with E-state index in [1.165, 1.54) is 4.90 Å². The third-order valence-corrected chi connectivity index (χ3v) is 6.20. The largest absolute Gasteiger partial charge is 0.457 e. The van der Waals surface area contributed by atoms with E-state index in [-0.39, 0.29) is 17.7 Å². The highest BCUT2D eigenvalue weighted by atomic mass is 32.2. The van der Waals surface area contributed by atoms with Crippen LogP contribution in [0.4, 0.5) is 4.79 Å². The smallest absolute Gasteiger partial charge is 0.293 e. The van der Waals surface area contributed by atoms with Crippen molar-refractivity contribution in [3.63, 3.8) is 0 Å². The van der Waals surface area contributed by atoms with Gasteiger partial charge >= 0.3 is 0 Å². The van der Waals surface area contributed by atoms with Crippen LogP contribution in [-0.2, 0) is 11.3 Å². The quantitative estimate of drug-likeness (QED) is 0.356. The maximum absolute atomic E-state index is 13.0. The van der Waals surface area contributed by atoms with Crippen LogP contribution in [0.3, 0.4) is 0 Å². The summed E-state index contributed by atoms with van der Waals surface area (Å²) in [6.45, 7) is 0.211. The van der Waals surface area contributed by atoms with Gasteiger partial charge in [0.2, 0.25) is 0 Å². The first-order valence-corrected chi connectivity index (χ1v) is 10.8. The van der Waals surface area contributed by atoms with Crippen LogP contribution >= 0.6 is 11.8 Å². The second kappa shape index (κ2) is 8.22. The SMILES string of the molecule is N#Cc1ccccc1-c1ccc(/C=C2/SC(=O)N(Cc3cccc4ccccc34)C2=O)o1. The number of rotatable bonds is 4. The van der Waals surface area contributed by atoms with Crippen LogP contribution in [0.25, 0.3) is 28.2 Å². The van der Waals surface area contributed by atoms with Crippen molar-refractivity contribution in [2.24, 2.45) is 0 Å². The molecule has 1 fully saturated rings. The Morgan fingerprint density at radius 2 is 1.72 bits per heavy atom. The summed E-state index contributed by atoms with van der Waals surface area (Å²) in [4.78, 5) is 27.1. The van der Waals surface area contributed by atoms with E-state index >= 15 is 0 Å². The molecule has 4 aromatic rings. The summed E-state index contributed by atoms with van der Waals surface area (Å²) in [5.74, 6) is 0.634. The molecule has 0 radical (unpaired) electrons. The number of furan rings is 1. The molecular formula is C26H16N2O3S. The van der Waals surface area contributed by atoms with E-state index in [2.05, 4.69) is 6.07 Å². The highest BCUT2D eigenvalue weighted by Crippen LogP contribution is 2.35. The van der Waals surface area contributed by atoms with Gasteiger partial charge in [0.15, 0.2) is 0 Å². The lowest BCUT2D eigenvalue weighted by Gasteiger charge is -2.14. The number of amides is 2. The third-order valence-electron chi connectivity index (χ3n) is 5.30. The van der Waals surface area contributed by atoms with Crippen LogP contribution < -0.4 is 0 Å². The van der Waals surface area contributed by atoms with Crippen LogP contribution in [0.5, 0.6) is 0 Å². The molecule has 1 aliphatic rings. The van der Waals surface area contributed by atoms with Crippen molar-refractivity contribution in [2.75, 3.05) is 0 Å². The number of fused-ring (bicyclic) bond motifs is 1. The third kappa shape index (κ3) is 3.59. The average Bonchev–Trinajstić information content (AvgIpc) is 3.39. The van der Waals surface area contributed by atoms with Gasteiger partial charge in [0.1, 0.15) is 11.5 Å². The van der Waals surface area contributed by atoms with Gasteiger partial charge in [-0.15, -0.1) is 0 Å². The molecule has 32 heavy (non-hydrogen) atoms. The minimum absolute atomic E-state index is 0.211. The first kappa shape index (κ1) is 19.9. The van der Waals surface area contributed by atoms with Crippen LogP contribution in [0.1, 0.15) is 16.9 Å².